The fourth-order valence-electron chi connectivity index (χ4n) is 3.13. The molecular weight excluding hydrogens is 336 g/mol. The lowest BCUT2D eigenvalue weighted by molar-refractivity contribution is -0.134. The molecule has 2 heterocycles. The van der Waals surface area contributed by atoms with Gasteiger partial charge in [0.15, 0.2) is 5.82 Å². The van der Waals surface area contributed by atoms with Crippen LogP contribution in [0.15, 0.2) is 40.9 Å². The Balaban J connectivity index is 1.80. The summed E-state index contributed by atoms with van der Waals surface area (Å²) in [6.07, 6.45) is 1.14. The monoisotopic (exact) mass is 356 g/mol. The molecule has 1 atom stereocenters. The Bertz CT molecular complexity index is 833. The highest BCUT2D eigenvalue weighted by Gasteiger charge is 2.52. The van der Waals surface area contributed by atoms with Crippen LogP contribution in [0, 0.1) is 6.92 Å². The third kappa shape index (κ3) is 3.17. The number of aryl methyl sites for hydroxylation is 1. The van der Waals surface area contributed by atoms with Gasteiger partial charge in [0.2, 0.25) is 5.91 Å². The summed E-state index contributed by atoms with van der Waals surface area (Å²) >= 11 is 0. The number of urea groups is 1. The normalized spacial score (nSPS) is 19.5. The first-order valence-electron chi connectivity index (χ1n) is 8.39. The van der Waals surface area contributed by atoms with E-state index in [1.807, 2.05) is 25.1 Å². The van der Waals surface area contributed by atoms with Crippen LogP contribution in [0.2, 0.25) is 0 Å². The van der Waals surface area contributed by atoms with Crippen LogP contribution < -0.4 is 10.6 Å². The van der Waals surface area contributed by atoms with Crippen molar-refractivity contribution in [1.29, 1.82) is 0 Å². The van der Waals surface area contributed by atoms with Gasteiger partial charge in [0, 0.05) is 6.07 Å². The maximum Gasteiger partial charge on any atom is 0.325 e. The summed E-state index contributed by atoms with van der Waals surface area (Å²) in [5.74, 6) is -0.173. The third-order valence-electron chi connectivity index (χ3n) is 4.26. The second-order valence-corrected chi connectivity index (χ2v) is 6.21. The van der Waals surface area contributed by atoms with Crippen molar-refractivity contribution in [3.63, 3.8) is 0 Å². The van der Waals surface area contributed by atoms with Crippen LogP contribution in [0.4, 0.5) is 10.6 Å². The van der Waals surface area contributed by atoms with Crippen LogP contribution in [0.3, 0.4) is 0 Å². The fraction of sp³-hybridized carbons (Fsp3) is 0.333. The third-order valence-corrected chi connectivity index (χ3v) is 4.26. The number of carbonyl (C=O) groups excluding carboxylic acids is 3. The minimum absolute atomic E-state index is 0.238. The van der Waals surface area contributed by atoms with Gasteiger partial charge in [-0.3, -0.25) is 14.5 Å². The largest absolute Gasteiger partial charge is 0.360 e. The first kappa shape index (κ1) is 17.7. The van der Waals surface area contributed by atoms with Crippen LogP contribution in [0.1, 0.15) is 31.1 Å². The fourth-order valence-corrected chi connectivity index (χ4v) is 3.13. The molecule has 0 saturated carbocycles. The van der Waals surface area contributed by atoms with E-state index < -0.39 is 29.9 Å². The number of hydrogen-bond donors (Lipinski definition) is 2. The molecule has 0 aliphatic carbocycles. The summed E-state index contributed by atoms with van der Waals surface area (Å²) in [4.78, 5) is 38.6. The molecule has 2 aromatic rings. The summed E-state index contributed by atoms with van der Waals surface area (Å²) < 4.78 is 4.88. The van der Waals surface area contributed by atoms with Crippen molar-refractivity contribution in [3.8, 4) is 0 Å². The summed E-state index contributed by atoms with van der Waals surface area (Å²) in [6.45, 7) is 3.24. The van der Waals surface area contributed by atoms with Crippen molar-refractivity contribution < 1.29 is 18.9 Å². The molecule has 1 fully saturated rings. The van der Waals surface area contributed by atoms with Crippen molar-refractivity contribution in [2.45, 2.75) is 32.2 Å². The topological polar surface area (TPSA) is 105 Å². The lowest BCUT2D eigenvalue weighted by Crippen LogP contribution is -2.44. The summed E-state index contributed by atoms with van der Waals surface area (Å²) in [5.41, 5.74) is -0.437. The van der Waals surface area contributed by atoms with E-state index in [0.29, 0.717) is 24.2 Å². The molecule has 0 unspecified atom stereocenters. The predicted molar refractivity (Wildman–Crippen MR) is 93.1 cm³/mol. The SMILES string of the molecule is CCC[C@]1(c2ccccc2)NC(=O)N(CC(=O)Nc2cc(C)on2)C1=O. The lowest BCUT2D eigenvalue weighted by Gasteiger charge is -2.26. The van der Waals surface area contributed by atoms with E-state index in [1.165, 1.54) is 0 Å². The molecular formula is C18H20N4O4. The Morgan fingerprint density at radius 3 is 2.65 bits per heavy atom. The van der Waals surface area contributed by atoms with Gasteiger partial charge in [0.05, 0.1) is 0 Å². The first-order chi connectivity index (χ1) is 12.5. The number of imide groups is 1. The Hall–Kier alpha value is -3.16. The summed E-state index contributed by atoms with van der Waals surface area (Å²) in [7, 11) is 0. The number of hydrogen-bond acceptors (Lipinski definition) is 5. The van der Waals surface area contributed by atoms with Gasteiger partial charge in [-0.05, 0) is 18.9 Å². The molecule has 1 saturated heterocycles. The van der Waals surface area contributed by atoms with Crippen LogP contribution in [0.25, 0.3) is 0 Å². The average Bonchev–Trinajstić information content (AvgIpc) is 3.13. The van der Waals surface area contributed by atoms with E-state index in [9.17, 15) is 14.4 Å². The zero-order valence-corrected chi connectivity index (χ0v) is 14.6. The number of aromatic nitrogens is 1. The van der Waals surface area contributed by atoms with E-state index in [1.54, 1.807) is 25.1 Å². The number of nitrogens with one attached hydrogen (secondary N) is 2. The highest BCUT2D eigenvalue weighted by molar-refractivity contribution is 6.10. The van der Waals surface area contributed by atoms with Crippen LogP contribution >= 0.6 is 0 Å². The van der Waals surface area contributed by atoms with Crippen LogP contribution in [0.5, 0.6) is 0 Å². The molecule has 0 bridgehead atoms. The summed E-state index contributed by atoms with van der Waals surface area (Å²) in [6, 6.07) is 10.0. The first-order valence-corrected chi connectivity index (χ1v) is 8.39. The summed E-state index contributed by atoms with van der Waals surface area (Å²) in [5, 5.41) is 8.96. The number of rotatable bonds is 6. The van der Waals surface area contributed by atoms with Crippen molar-refractivity contribution >= 4 is 23.7 Å². The molecule has 1 aromatic heterocycles. The Morgan fingerprint density at radius 1 is 1.31 bits per heavy atom. The standard InChI is InChI=1S/C18H20N4O4/c1-3-9-18(13-7-5-4-6-8-13)16(24)22(17(25)20-18)11-15(23)19-14-10-12(2)26-21-14/h4-8,10H,3,9,11H2,1-2H3,(H,20,25)(H,19,21,23)/t18-/m1/s1. The van der Waals surface area contributed by atoms with E-state index >= 15 is 0 Å². The zero-order valence-electron chi connectivity index (χ0n) is 14.6. The molecule has 1 aromatic carbocycles. The van der Waals surface area contributed by atoms with Gasteiger partial charge < -0.3 is 15.2 Å². The van der Waals surface area contributed by atoms with Gasteiger partial charge >= 0.3 is 6.03 Å². The Kier molecular flexibility index (Phi) is 4.75. The van der Waals surface area contributed by atoms with Gasteiger partial charge in [-0.1, -0.05) is 48.8 Å². The van der Waals surface area contributed by atoms with Gasteiger partial charge in [0.25, 0.3) is 5.91 Å². The van der Waals surface area contributed by atoms with Crippen molar-refractivity contribution in [1.82, 2.24) is 15.4 Å². The second kappa shape index (κ2) is 6.99. The molecule has 26 heavy (non-hydrogen) atoms. The van der Waals surface area contributed by atoms with E-state index in [2.05, 4.69) is 15.8 Å². The number of carbonyl (C=O) groups is 3. The minimum Gasteiger partial charge on any atom is -0.360 e. The van der Waals surface area contributed by atoms with Crippen LogP contribution in [-0.2, 0) is 15.1 Å². The van der Waals surface area contributed by atoms with Crippen molar-refractivity contribution in [2.24, 2.45) is 0 Å². The molecule has 1 aliphatic heterocycles. The molecule has 0 spiro atoms. The number of amides is 4. The maximum absolute atomic E-state index is 13.0. The molecule has 0 radical (unpaired) electrons. The molecule has 8 nitrogen and oxygen atoms in total. The van der Waals surface area contributed by atoms with E-state index in [0.717, 1.165) is 4.90 Å². The highest BCUT2D eigenvalue weighted by atomic mass is 16.5. The Labute approximate surface area is 150 Å². The smallest absolute Gasteiger partial charge is 0.325 e. The number of anilines is 1. The number of nitrogens with zero attached hydrogens (tertiary/aromatic N) is 2. The zero-order chi connectivity index (χ0) is 18.7. The molecule has 1 aliphatic rings. The second-order valence-electron chi connectivity index (χ2n) is 6.21. The Morgan fingerprint density at radius 2 is 2.04 bits per heavy atom. The number of benzene rings is 1. The van der Waals surface area contributed by atoms with Gasteiger partial charge in [-0.2, -0.15) is 0 Å². The average molecular weight is 356 g/mol. The van der Waals surface area contributed by atoms with E-state index in [-0.39, 0.29) is 5.82 Å². The van der Waals surface area contributed by atoms with Gasteiger partial charge in [-0.25, -0.2) is 4.79 Å². The van der Waals surface area contributed by atoms with E-state index in [4.69, 9.17) is 4.52 Å². The maximum atomic E-state index is 13.0. The molecule has 136 valence electrons. The quantitative estimate of drug-likeness (QED) is 0.772. The lowest BCUT2D eigenvalue weighted by atomic mass is 9.85. The highest BCUT2D eigenvalue weighted by Crippen LogP contribution is 2.33. The molecule has 8 heteroatoms. The minimum atomic E-state index is -1.14. The predicted octanol–water partition coefficient (Wildman–Crippen LogP) is 2.17. The van der Waals surface area contributed by atoms with Crippen molar-refractivity contribution in [2.75, 3.05) is 11.9 Å². The molecule has 4 amide bonds. The molecule has 3 rings (SSSR count). The van der Waals surface area contributed by atoms with Gasteiger partial charge in [-0.15, -0.1) is 0 Å². The molecule has 2 N–H and O–H groups in total. The van der Waals surface area contributed by atoms with Crippen LogP contribution in [-0.4, -0.2) is 34.4 Å². The van der Waals surface area contributed by atoms with Gasteiger partial charge in [0.1, 0.15) is 17.8 Å². The van der Waals surface area contributed by atoms with Crippen molar-refractivity contribution in [3.05, 3.63) is 47.7 Å².